The van der Waals surface area contributed by atoms with E-state index in [1.807, 2.05) is 20.8 Å². The van der Waals surface area contributed by atoms with E-state index in [-0.39, 0.29) is 22.4 Å². The van der Waals surface area contributed by atoms with Gasteiger partial charge in [0.2, 0.25) is 11.8 Å². The fourth-order valence-electron chi connectivity index (χ4n) is 2.29. The van der Waals surface area contributed by atoms with Gasteiger partial charge in [-0.15, -0.1) is 0 Å². The molecule has 1 aromatic rings. The third-order valence-electron chi connectivity index (χ3n) is 3.24. The molecule has 6 heteroatoms. The van der Waals surface area contributed by atoms with E-state index in [0.29, 0.717) is 18.7 Å². The Balaban J connectivity index is 2.14. The van der Waals surface area contributed by atoms with Crippen LogP contribution in [-0.2, 0) is 9.59 Å². The number of nitrogens with zero attached hydrogens (tertiary/aromatic N) is 1. The van der Waals surface area contributed by atoms with Crippen molar-refractivity contribution < 1.29 is 14.0 Å². The van der Waals surface area contributed by atoms with E-state index < -0.39 is 11.7 Å². The standard InChI is InChI=1S/C15H18ClFN2O2/c1-15(2,3)18-13(20)10-6-7-19(14(10)21)9-4-5-12(17)11(16)8-9/h4-5,8,10H,6-7H2,1-3H3,(H,18,20). The Morgan fingerprint density at radius 2 is 2.10 bits per heavy atom. The number of halogens is 2. The number of nitrogens with one attached hydrogen (secondary N) is 1. The van der Waals surface area contributed by atoms with Gasteiger partial charge in [0.15, 0.2) is 0 Å². The molecule has 1 saturated heterocycles. The zero-order valence-corrected chi connectivity index (χ0v) is 13.0. The molecule has 114 valence electrons. The SMILES string of the molecule is CC(C)(C)NC(=O)C1CCN(c2ccc(F)c(Cl)c2)C1=O. The molecular weight excluding hydrogens is 295 g/mol. The fraction of sp³-hybridized carbons (Fsp3) is 0.467. The molecule has 0 radical (unpaired) electrons. The van der Waals surface area contributed by atoms with Gasteiger partial charge >= 0.3 is 0 Å². The highest BCUT2D eigenvalue weighted by Crippen LogP contribution is 2.28. The van der Waals surface area contributed by atoms with E-state index in [0.717, 1.165) is 0 Å². The molecule has 2 rings (SSSR count). The second-order valence-electron chi connectivity index (χ2n) is 6.17. The summed E-state index contributed by atoms with van der Waals surface area (Å²) in [4.78, 5) is 26.0. The Labute approximate surface area is 128 Å². The number of rotatable bonds is 2. The van der Waals surface area contributed by atoms with Gasteiger partial charge in [0.1, 0.15) is 11.7 Å². The van der Waals surface area contributed by atoms with Crippen molar-refractivity contribution >= 4 is 29.1 Å². The van der Waals surface area contributed by atoms with Crippen LogP contribution in [0.25, 0.3) is 0 Å². The van der Waals surface area contributed by atoms with Crippen LogP contribution in [0.2, 0.25) is 5.02 Å². The predicted molar refractivity (Wildman–Crippen MR) is 79.8 cm³/mol. The van der Waals surface area contributed by atoms with Crippen molar-refractivity contribution in [2.75, 3.05) is 11.4 Å². The van der Waals surface area contributed by atoms with Gasteiger partial charge in [-0.1, -0.05) is 11.6 Å². The van der Waals surface area contributed by atoms with Crippen LogP contribution in [0.3, 0.4) is 0 Å². The van der Waals surface area contributed by atoms with Gasteiger partial charge in [0.25, 0.3) is 0 Å². The van der Waals surface area contributed by atoms with Gasteiger partial charge < -0.3 is 10.2 Å². The Hall–Kier alpha value is -1.62. The summed E-state index contributed by atoms with van der Waals surface area (Å²) in [6.07, 6.45) is 0.440. The summed E-state index contributed by atoms with van der Waals surface area (Å²) in [5, 5.41) is 2.77. The highest BCUT2D eigenvalue weighted by Gasteiger charge is 2.38. The minimum Gasteiger partial charge on any atom is -0.351 e. The topological polar surface area (TPSA) is 49.4 Å². The van der Waals surface area contributed by atoms with Crippen LogP contribution >= 0.6 is 11.6 Å². The monoisotopic (exact) mass is 312 g/mol. The summed E-state index contributed by atoms with van der Waals surface area (Å²) in [6.45, 7) is 6.01. The van der Waals surface area contributed by atoms with Crippen molar-refractivity contribution in [3.05, 3.63) is 29.0 Å². The van der Waals surface area contributed by atoms with Crippen molar-refractivity contribution in [1.82, 2.24) is 5.32 Å². The van der Waals surface area contributed by atoms with Gasteiger partial charge in [-0.2, -0.15) is 0 Å². The molecule has 21 heavy (non-hydrogen) atoms. The normalized spacial score (nSPS) is 19.0. The highest BCUT2D eigenvalue weighted by atomic mass is 35.5. The van der Waals surface area contributed by atoms with Gasteiger partial charge in [0, 0.05) is 17.8 Å². The number of carbonyl (C=O) groups excluding carboxylic acids is 2. The molecule has 1 atom stereocenters. The lowest BCUT2D eigenvalue weighted by atomic mass is 10.0. The number of amides is 2. The summed E-state index contributed by atoms with van der Waals surface area (Å²) in [5.41, 5.74) is 0.127. The Kier molecular flexibility index (Phi) is 4.23. The number of anilines is 1. The molecule has 0 spiro atoms. The van der Waals surface area contributed by atoms with E-state index in [2.05, 4.69) is 5.32 Å². The van der Waals surface area contributed by atoms with E-state index in [4.69, 9.17) is 11.6 Å². The van der Waals surface area contributed by atoms with Crippen molar-refractivity contribution in [2.24, 2.45) is 5.92 Å². The van der Waals surface area contributed by atoms with Gasteiger partial charge in [-0.05, 0) is 45.4 Å². The molecule has 1 heterocycles. The molecular formula is C15H18ClFN2O2. The van der Waals surface area contributed by atoms with Crippen molar-refractivity contribution in [2.45, 2.75) is 32.7 Å². The van der Waals surface area contributed by atoms with Crippen LogP contribution in [0.4, 0.5) is 10.1 Å². The summed E-state index contributed by atoms with van der Waals surface area (Å²) >= 11 is 5.73. The number of hydrogen-bond acceptors (Lipinski definition) is 2. The van der Waals surface area contributed by atoms with E-state index in [9.17, 15) is 14.0 Å². The van der Waals surface area contributed by atoms with Crippen LogP contribution in [0, 0.1) is 11.7 Å². The zero-order chi connectivity index (χ0) is 15.8. The van der Waals surface area contributed by atoms with Gasteiger partial charge in [-0.25, -0.2) is 4.39 Å². The maximum atomic E-state index is 13.2. The van der Waals surface area contributed by atoms with E-state index in [1.165, 1.54) is 23.1 Å². The number of hydrogen-bond donors (Lipinski definition) is 1. The first-order valence-corrected chi connectivity index (χ1v) is 7.15. The van der Waals surface area contributed by atoms with Crippen LogP contribution in [0.1, 0.15) is 27.2 Å². The number of carbonyl (C=O) groups is 2. The van der Waals surface area contributed by atoms with Crippen LogP contribution < -0.4 is 10.2 Å². The lowest BCUT2D eigenvalue weighted by Crippen LogP contribution is -2.45. The van der Waals surface area contributed by atoms with Crippen molar-refractivity contribution in [3.8, 4) is 0 Å². The summed E-state index contributed by atoms with van der Waals surface area (Å²) in [5.74, 6) is -1.79. The average Bonchev–Trinajstić information content (AvgIpc) is 2.73. The van der Waals surface area contributed by atoms with Crippen LogP contribution in [-0.4, -0.2) is 23.9 Å². The van der Waals surface area contributed by atoms with Crippen molar-refractivity contribution in [3.63, 3.8) is 0 Å². The smallest absolute Gasteiger partial charge is 0.239 e. The molecule has 4 nitrogen and oxygen atoms in total. The summed E-state index contributed by atoms with van der Waals surface area (Å²) < 4.78 is 13.2. The molecule has 1 aliphatic rings. The fourth-order valence-corrected chi connectivity index (χ4v) is 2.46. The largest absolute Gasteiger partial charge is 0.351 e. The van der Waals surface area contributed by atoms with Crippen LogP contribution in [0.15, 0.2) is 18.2 Å². The first kappa shape index (κ1) is 15.8. The summed E-state index contributed by atoms with van der Waals surface area (Å²) in [7, 11) is 0. The molecule has 1 N–H and O–H groups in total. The Morgan fingerprint density at radius 3 is 2.67 bits per heavy atom. The van der Waals surface area contributed by atoms with Crippen LogP contribution in [0.5, 0.6) is 0 Å². The third kappa shape index (κ3) is 3.53. The zero-order valence-electron chi connectivity index (χ0n) is 12.2. The minimum absolute atomic E-state index is 0.0390. The third-order valence-corrected chi connectivity index (χ3v) is 3.52. The Morgan fingerprint density at radius 1 is 1.43 bits per heavy atom. The molecule has 1 aliphatic heterocycles. The van der Waals surface area contributed by atoms with E-state index >= 15 is 0 Å². The first-order chi connectivity index (χ1) is 9.69. The molecule has 2 amide bonds. The molecule has 1 aromatic carbocycles. The quantitative estimate of drug-likeness (QED) is 0.854. The lowest BCUT2D eigenvalue weighted by molar-refractivity contribution is -0.133. The average molecular weight is 313 g/mol. The molecule has 0 saturated carbocycles. The van der Waals surface area contributed by atoms with Gasteiger partial charge in [0.05, 0.1) is 5.02 Å². The Bertz CT molecular complexity index is 584. The predicted octanol–water partition coefficient (Wildman–Crippen LogP) is 2.75. The number of benzene rings is 1. The molecule has 0 aliphatic carbocycles. The molecule has 0 aromatic heterocycles. The minimum atomic E-state index is -0.701. The molecule has 0 bridgehead atoms. The highest BCUT2D eigenvalue weighted by molar-refractivity contribution is 6.31. The van der Waals surface area contributed by atoms with Crippen molar-refractivity contribution in [1.29, 1.82) is 0 Å². The summed E-state index contributed by atoms with van der Waals surface area (Å²) in [6, 6.07) is 4.11. The second kappa shape index (κ2) is 5.64. The van der Waals surface area contributed by atoms with E-state index in [1.54, 1.807) is 0 Å². The first-order valence-electron chi connectivity index (χ1n) is 6.77. The second-order valence-corrected chi connectivity index (χ2v) is 6.58. The molecule has 1 unspecified atom stereocenters. The maximum absolute atomic E-state index is 13.2. The maximum Gasteiger partial charge on any atom is 0.239 e. The van der Waals surface area contributed by atoms with Gasteiger partial charge in [-0.3, -0.25) is 9.59 Å². The molecule has 1 fully saturated rings. The lowest BCUT2D eigenvalue weighted by Gasteiger charge is -2.23.